The number of nitrogens with one attached hydrogen (secondary N) is 1. The van der Waals surface area contributed by atoms with E-state index in [0.29, 0.717) is 5.28 Å². The number of hydrogen-bond acceptors (Lipinski definition) is 4. The van der Waals surface area contributed by atoms with Gasteiger partial charge in [0.15, 0.2) is 0 Å². The lowest BCUT2D eigenvalue weighted by Crippen LogP contribution is -2.34. The van der Waals surface area contributed by atoms with Crippen LogP contribution in [0.5, 0.6) is 0 Å². The Bertz CT molecular complexity index is 415. The molecule has 2 aliphatic rings. The van der Waals surface area contributed by atoms with Gasteiger partial charge in [0.1, 0.15) is 5.82 Å². The summed E-state index contributed by atoms with van der Waals surface area (Å²) in [5, 5.41) is 3.78. The van der Waals surface area contributed by atoms with Crippen LogP contribution >= 0.6 is 11.6 Å². The highest BCUT2D eigenvalue weighted by molar-refractivity contribution is 6.28. The standard InChI is InChI=1S/C12H17ClN4/c13-12-15-10-4-5-14-8-9(10)11(16-12)17-6-2-1-3-7-17/h14H,1-8H2. The number of fused-ring (bicyclic) bond motifs is 1. The lowest BCUT2D eigenvalue weighted by molar-refractivity contribution is 0.562. The van der Waals surface area contributed by atoms with Crippen LogP contribution < -0.4 is 10.2 Å². The summed E-state index contributed by atoms with van der Waals surface area (Å²) in [5.74, 6) is 1.06. The number of halogens is 1. The van der Waals surface area contributed by atoms with Crippen LogP contribution in [-0.2, 0) is 13.0 Å². The molecule has 1 N–H and O–H groups in total. The molecule has 4 nitrogen and oxygen atoms in total. The first kappa shape index (κ1) is 11.2. The minimum atomic E-state index is 0.395. The summed E-state index contributed by atoms with van der Waals surface area (Å²) >= 11 is 6.03. The number of rotatable bonds is 1. The zero-order valence-corrected chi connectivity index (χ0v) is 10.6. The second-order valence-electron chi connectivity index (χ2n) is 4.72. The largest absolute Gasteiger partial charge is 0.356 e. The number of nitrogens with zero attached hydrogens (tertiary/aromatic N) is 3. The van der Waals surface area contributed by atoms with Gasteiger partial charge < -0.3 is 10.2 Å². The number of hydrogen-bond donors (Lipinski definition) is 1. The Morgan fingerprint density at radius 2 is 1.94 bits per heavy atom. The Morgan fingerprint density at radius 1 is 1.12 bits per heavy atom. The van der Waals surface area contributed by atoms with Crippen molar-refractivity contribution >= 4 is 17.4 Å². The molecule has 1 saturated heterocycles. The fourth-order valence-electron chi connectivity index (χ4n) is 2.66. The van der Waals surface area contributed by atoms with Crippen LogP contribution in [0.2, 0.25) is 5.28 Å². The van der Waals surface area contributed by atoms with Crippen molar-refractivity contribution in [2.75, 3.05) is 24.5 Å². The average Bonchev–Trinajstić information content (AvgIpc) is 2.39. The lowest BCUT2D eigenvalue weighted by atomic mass is 10.1. The molecule has 0 radical (unpaired) electrons. The van der Waals surface area contributed by atoms with Gasteiger partial charge in [-0.2, -0.15) is 0 Å². The molecular formula is C12H17ClN4. The van der Waals surface area contributed by atoms with E-state index in [1.54, 1.807) is 0 Å². The van der Waals surface area contributed by atoms with Crippen LogP contribution in [0.15, 0.2) is 0 Å². The molecular weight excluding hydrogens is 236 g/mol. The number of aromatic nitrogens is 2. The topological polar surface area (TPSA) is 41.1 Å². The third-order valence-corrected chi connectivity index (χ3v) is 3.71. The van der Waals surface area contributed by atoms with Gasteiger partial charge in [0.2, 0.25) is 5.28 Å². The van der Waals surface area contributed by atoms with Crippen LogP contribution in [0.4, 0.5) is 5.82 Å². The van der Waals surface area contributed by atoms with Crippen molar-refractivity contribution < 1.29 is 0 Å². The predicted molar refractivity (Wildman–Crippen MR) is 68.5 cm³/mol. The van der Waals surface area contributed by atoms with Crippen LogP contribution in [-0.4, -0.2) is 29.6 Å². The minimum Gasteiger partial charge on any atom is -0.356 e. The van der Waals surface area contributed by atoms with Crippen molar-refractivity contribution in [3.05, 3.63) is 16.5 Å². The molecule has 0 saturated carbocycles. The molecule has 0 aromatic carbocycles. The van der Waals surface area contributed by atoms with E-state index in [1.165, 1.54) is 24.8 Å². The van der Waals surface area contributed by atoms with E-state index >= 15 is 0 Å². The third kappa shape index (κ3) is 2.24. The minimum absolute atomic E-state index is 0.395. The van der Waals surface area contributed by atoms with Gasteiger partial charge in [-0.1, -0.05) is 0 Å². The first-order valence-corrected chi connectivity index (χ1v) is 6.73. The molecule has 17 heavy (non-hydrogen) atoms. The number of anilines is 1. The van der Waals surface area contributed by atoms with Crippen LogP contribution in [0.1, 0.15) is 30.5 Å². The molecule has 2 aliphatic heterocycles. The summed E-state index contributed by atoms with van der Waals surface area (Å²) < 4.78 is 0. The summed E-state index contributed by atoms with van der Waals surface area (Å²) in [4.78, 5) is 11.2. The zero-order valence-electron chi connectivity index (χ0n) is 9.88. The van der Waals surface area contributed by atoms with E-state index in [9.17, 15) is 0 Å². The molecule has 1 aromatic heterocycles. The highest BCUT2D eigenvalue weighted by Crippen LogP contribution is 2.27. The molecule has 5 heteroatoms. The van der Waals surface area contributed by atoms with Crippen molar-refractivity contribution in [2.24, 2.45) is 0 Å². The van der Waals surface area contributed by atoms with Crippen molar-refractivity contribution in [1.29, 1.82) is 0 Å². The highest BCUT2D eigenvalue weighted by atomic mass is 35.5. The first-order chi connectivity index (χ1) is 8.34. The monoisotopic (exact) mass is 252 g/mol. The Kier molecular flexibility index (Phi) is 3.16. The van der Waals surface area contributed by atoms with Crippen LogP contribution in [0.25, 0.3) is 0 Å². The smallest absolute Gasteiger partial charge is 0.224 e. The van der Waals surface area contributed by atoms with Crippen LogP contribution in [0.3, 0.4) is 0 Å². The molecule has 0 amide bonds. The first-order valence-electron chi connectivity index (χ1n) is 6.35. The highest BCUT2D eigenvalue weighted by Gasteiger charge is 2.22. The average molecular weight is 253 g/mol. The van der Waals surface area contributed by atoms with Gasteiger partial charge in [0.05, 0.1) is 5.69 Å². The Labute approximate surface area is 106 Å². The van der Waals surface area contributed by atoms with E-state index in [4.69, 9.17) is 11.6 Å². The summed E-state index contributed by atoms with van der Waals surface area (Å²) in [7, 11) is 0. The summed E-state index contributed by atoms with van der Waals surface area (Å²) in [6, 6.07) is 0. The van der Waals surface area contributed by atoms with Gasteiger partial charge in [0.25, 0.3) is 0 Å². The summed E-state index contributed by atoms with van der Waals surface area (Å²) in [6.07, 6.45) is 4.79. The maximum atomic E-state index is 6.03. The third-order valence-electron chi connectivity index (χ3n) is 3.54. The van der Waals surface area contributed by atoms with E-state index < -0.39 is 0 Å². The Balaban J connectivity index is 1.98. The molecule has 92 valence electrons. The molecule has 0 spiro atoms. The van der Waals surface area contributed by atoms with E-state index in [2.05, 4.69) is 20.2 Å². The van der Waals surface area contributed by atoms with Crippen molar-refractivity contribution in [2.45, 2.75) is 32.2 Å². The molecule has 0 bridgehead atoms. The lowest BCUT2D eigenvalue weighted by Gasteiger charge is -2.31. The fourth-order valence-corrected chi connectivity index (χ4v) is 2.85. The van der Waals surface area contributed by atoms with E-state index in [0.717, 1.165) is 44.1 Å². The zero-order chi connectivity index (χ0) is 11.7. The van der Waals surface area contributed by atoms with Gasteiger partial charge >= 0.3 is 0 Å². The molecule has 3 rings (SSSR count). The maximum Gasteiger partial charge on any atom is 0.224 e. The van der Waals surface area contributed by atoms with Crippen molar-refractivity contribution in [1.82, 2.24) is 15.3 Å². The number of piperidine rings is 1. The Morgan fingerprint density at radius 3 is 2.76 bits per heavy atom. The van der Waals surface area contributed by atoms with E-state index in [-0.39, 0.29) is 0 Å². The molecule has 0 aliphatic carbocycles. The SMILES string of the molecule is Clc1nc2c(c(N3CCCCC3)n1)CNCC2. The molecule has 0 atom stereocenters. The van der Waals surface area contributed by atoms with Gasteiger partial charge in [-0.15, -0.1) is 0 Å². The molecule has 0 unspecified atom stereocenters. The second-order valence-corrected chi connectivity index (χ2v) is 5.05. The summed E-state index contributed by atoms with van der Waals surface area (Å²) in [6.45, 7) is 4.05. The maximum absolute atomic E-state index is 6.03. The molecule has 1 aromatic rings. The predicted octanol–water partition coefficient (Wildman–Crippen LogP) is 1.77. The van der Waals surface area contributed by atoms with Gasteiger partial charge in [-0.3, -0.25) is 0 Å². The fraction of sp³-hybridized carbons (Fsp3) is 0.667. The van der Waals surface area contributed by atoms with Crippen LogP contribution in [0, 0.1) is 0 Å². The normalized spacial score (nSPS) is 20.2. The van der Waals surface area contributed by atoms with Gasteiger partial charge in [-0.25, -0.2) is 9.97 Å². The second kappa shape index (κ2) is 4.78. The van der Waals surface area contributed by atoms with Crippen molar-refractivity contribution in [3.8, 4) is 0 Å². The Hall–Kier alpha value is -0.870. The van der Waals surface area contributed by atoms with Crippen molar-refractivity contribution in [3.63, 3.8) is 0 Å². The summed E-state index contributed by atoms with van der Waals surface area (Å²) in [5.41, 5.74) is 2.38. The quantitative estimate of drug-likeness (QED) is 0.774. The molecule has 3 heterocycles. The van der Waals surface area contributed by atoms with Gasteiger partial charge in [-0.05, 0) is 30.9 Å². The van der Waals surface area contributed by atoms with E-state index in [1.807, 2.05) is 0 Å². The molecule has 1 fully saturated rings. The van der Waals surface area contributed by atoms with Gasteiger partial charge in [0, 0.05) is 38.2 Å².